The molecule has 0 radical (unpaired) electrons. The van der Waals surface area contributed by atoms with E-state index in [4.69, 9.17) is 0 Å². The lowest BCUT2D eigenvalue weighted by molar-refractivity contribution is -0.141. The van der Waals surface area contributed by atoms with Gasteiger partial charge in [0, 0.05) is 17.3 Å². The number of benzene rings is 1. The van der Waals surface area contributed by atoms with Crippen LogP contribution in [0.5, 0.6) is 0 Å². The van der Waals surface area contributed by atoms with Gasteiger partial charge in [-0.2, -0.15) is 18.3 Å². The van der Waals surface area contributed by atoms with Crippen LogP contribution in [0.15, 0.2) is 36.5 Å². The van der Waals surface area contributed by atoms with Crippen LogP contribution < -0.4 is 5.32 Å². The van der Waals surface area contributed by atoms with Crippen molar-refractivity contribution in [2.24, 2.45) is 0 Å². The van der Waals surface area contributed by atoms with Gasteiger partial charge in [-0.1, -0.05) is 25.3 Å². The van der Waals surface area contributed by atoms with Crippen LogP contribution in [0.4, 0.5) is 23.2 Å². The second kappa shape index (κ2) is 7.46. The van der Waals surface area contributed by atoms with Crippen LogP contribution in [0.2, 0.25) is 0 Å². The molecule has 3 aromatic rings. The molecule has 0 unspecified atom stereocenters. The number of rotatable bonds is 3. The van der Waals surface area contributed by atoms with Crippen LogP contribution in [-0.4, -0.2) is 20.7 Å². The van der Waals surface area contributed by atoms with E-state index in [-0.39, 0.29) is 17.2 Å². The smallest absolute Gasteiger partial charge is 0.321 e. The summed E-state index contributed by atoms with van der Waals surface area (Å²) in [5.41, 5.74) is -1.24. The molecule has 0 aliphatic heterocycles. The lowest BCUT2D eigenvalue weighted by Gasteiger charge is -2.21. The van der Waals surface area contributed by atoms with Crippen molar-refractivity contribution in [3.63, 3.8) is 0 Å². The van der Waals surface area contributed by atoms with Gasteiger partial charge in [-0.3, -0.25) is 9.48 Å². The first kappa shape index (κ1) is 19.4. The number of carbonyl (C=O) groups is 1. The maximum atomic E-state index is 14.5. The highest BCUT2D eigenvalue weighted by Crippen LogP contribution is 2.31. The van der Waals surface area contributed by atoms with E-state index in [1.54, 1.807) is 16.9 Å². The molecule has 0 saturated heterocycles. The summed E-state index contributed by atoms with van der Waals surface area (Å²) in [6.07, 6.45) is 2.46. The van der Waals surface area contributed by atoms with Gasteiger partial charge in [0.1, 0.15) is 16.9 Å². The lowest BCUT2D eigenvalue weighted by Crippen LogP contribution is -2.17. The van der Waals surface area contributed by atoms with Gasteiger partial charge in [-0.15, -0.1) is 0 Å². The van der Waals surface area contributed by atoms with E-state index in [9.17, 15) is 22.4 Å². The molecular weight excluding hydrogens is 388 g/mol. The molecule has 0 atom stereocenters. The minimum absolute atomic E-state index is 0.127. The Morgan fingerprint density at radius 1 is 1.14 bits per heavy atom. The van der Waals surface area contributed by atoms with E-state index in [2.05, 4.69) is 15.4 Å². The first-order valence-electron chi connectivity index (χ1n) is 9.35. The normalized spacial score (nSPS) is 15.6. The number of pyridine rings is 1. The molecule has 1 amide bonds. The summed E-state index contributed by atoms with van der Waals surface area (Å²) in [6.45, 7) is 0. The topological polar surface area (TPSA) is 59.8 Å². The van der Waals surface area contributed by atoms with Crippen molar-refractivity contribution in [3.05, 3.63) is 53.7 Å². The van der Waals surface area contributed by atoms with Gasteiger partial charge in [-0.25, -0.2) is 9.37 Å². The van der Waals surface area contributed by atoms with Crippen molar-refractivity contribution in [1.29, 1.82) is 0 Å². The third-order valence-corrected chi connectivity index (χ3v) is 5.06. The fourth-order valence-electron chi connectivity index (χ4n) is 3.63. The Balaban J connectivity index is 1.59. The minimum atomic E-state index is -4.66. The number of fused-ring (bicyclic) bond motifs is 1. The molecule has 152 valence electrons. The van der Waals surface area contributed by atoms with E-state index in [0.29, 0.717) is 5.39 Å². The average Bonchev–Trinajstić information content (AvgIpc) is 3.13. The second-order valence-corrected chi connectivity index (χ2v) is 7.16. The Labute approximate surface area is 163 Å². The monoisotopic (exact) mass is 406 g/mol. The first-order chi connectivity index (χ1) is 13.8. The maximum Gasteiger partial charge on any atom is 0.433 e. The molecule has 4 rings (SSSR count). The second-order valence-electron chi connectivity index (χ2n) is 7.16. The van der Waals surface area contributed by atoms with Crippen LogP contribution in [-0.2, 0) is 6.18 Å². The van der Waals surface area contributed by atoms with Gasteiger partial charge in [0.05, 0.1) is 6.04 Å². The molecule has 1 N–H and O–H groups in total. The summed E-state index contributed by atoms with van der Waals surface area (Å²) in [5.74, 6) is -1.46. The summed E-state index contributed by atoms with van der Waals surface area (Å²) in [4.78, 5) is 15.7. The SMILES string of the molecule is O=C(Nc1cc(F)c2nn(C3CCCCC3)cc2c1)c1cccc(C(F)(F)F)n1. The number of nitrogens with one attached hydrogen (secondary N) is 1. The average molecular weight is 406 g/mol. The Morgan fingerprint density at radius 2 is 1.90 bits per heavy atom. The number of alkyl halides is 3. The quantitative estimate of drug-likeness (QED) is 0.597. The zero-order valence-electron chi connectivity index (χ0n) is 15.3. The third-order valence-electron chi connectivity index (χ3n) is 5.06. The van der Waals surface area contributed by atoms with Crippen molar-refractivity contribution in [2.45, 2.75) is 44.3 Å². The van der Waals surface area contributed by atoms with Crippen LogP contribution >= 0.6 is 0 Å². The molecule has 1 fully saturated rings. The van der Waals surface area contributed by atoms with E-state index >= 15 is 0 Å². The van der Waals surface area contributed by atoms with Crippen molar-refractivity contribution in [2.75, 3.05) is 5.32 Å². The molecule has 1 aromatic carbocycles. The summed E-state index contributed by atoms with van der Waals surface area (Å²) in [6, 6.07) is 5.93. The molecule has 5 nitrogen and oxygen atoms in total. The van der Waals surface area contributed by atoms with E-state index in [0.717, 1.165) is 43.9 Å². The predicted molar refractivity (Wildman–Crippen MR) is 99.0 cm³/mol. The molecular formula is C20H18F4N4O. The highest BCUT2D eigenvalue weighted by molar-refractivity contribution is 6.03. The molecule has 1 aliphatic rings. The molecule has 0 bridgehead atoms. The fourth-order valence-corrected chi connectivity index (χ4v) is 3.63. The number of halogens is 4. The number of hydrogen-bond acceptors (Lipinski definition) is 3. The Bertz CT molecular complexity index is 1050. The van der Waals surface area contributed by atoms with Gasteiger partial charge < -0.3 is 5.32 Å². The first-order valence-corrected chi connectivity index (χ1v) is 9.35. The molecule has 0 spiro atoms. The van der Waals surface area contributed by atoms with Gasteiger partial charge >= 0.3 is 6.18 Å². The number of nitrogens with zero attached hydrogens (tertiary/aromatic N) is 3. The standard InChI is InChI=1S/C20H18F4N4O/c21-15-10-13(25-19(29)16-7-4-8-17(26-16)20(22,23)24)9-12-11-28(27-18(12)15)14-5-2-1-3-6-14/h4,7-11,14H,1-3,5-6H2,(H,25,29). The van der Waals surface area contributed by atoms with E-state index in [1.165, 1.54) is 12.5 Å². The van der Waals surface area contributed by atoms with Crippen molar-refractivity contribution in [3.8, 4) is 0 Å². The predicted octanol–water partition coefficient (Wildman–Crippen LogP) is 5.35. The number of aromatic nitrogens is 3. The summed E-state index contributed by atoms with van der Waals surface area (Å²) in [7, 11) is 0. The molecule has 9 heteroatoms. The van der Waals surface area contributed by atoms with Crippen LogP contribution in [0.3, 0.4) is 0 Å². The van der Waals surface area contributed by atoms with Crippen LogP contribution in [0.25, 0.3) is 10.9 Å². The number of carbonyl (C=O) groups excluding carboxylic acids is 1. The van der Waals surface area contributed by atoms with Crippen molar-refractivity contribution < 1.29 is 22.4 Å². The molecule has 2 heterocycles. The highest BCUT2D eigenvalue weighted by Gasteiger charge is 2.33. The molecule has 1 saturated carbocycles. The van der Waals surface area contributed by atoms with Crippen LogP contribution in [0, 0.1) is 5.82 Å². The van der Waals surface area contributed by atoms with Crippen molar-refractivity contribution in [1.82, 2.24) is 14.8 Å². The largest absolute Gasteiger partial charge is 0.433 e. The molecule has 29 heavy (non-hydrogen) atoms. The van der Waals surface area contributed by atoms with Gasteiger partial charge in [0.2, 0.25) is 0 Å². The maximum absolute atomic E-state index is 14.5. The van der Waals surface area contributed by atoms with Crippen molar-refractivity contribution >= 4 is 22.5 Å². The molecule has 2 aromatic heterocycles. The lowest BCUT2D eigenvalue weighted by atomic mass is 9.96. The van der Waals surface area contributed by atoms with E-state index in [1.807, 2.05) is 0 Å². The highest BCUT2D eigenvalue weighted by atomic mass is 19.4. The third kappa shape index (κ3) is 4.08. The fraction of sp³-hybridized carbons (Fsp3) is 0.350. The number of amides is 1. The van der Waals surface area contributed by atoms with E-state index < -0.39 is 29.3 Å². The Hall–Kier alpha value is -2.97. The summed E-state index contributed by atoms with van der Waals surface area (Å²) >= 11 is 0. The summed E-state index contributed by atoms with van der Waals surface area (Å²) in [5, 5.41) is 7.27. The Morgan fingerprint density at radius 3 is 2.62 bits per heavy atom. The molecule has 1 aliphatic carbocycles. The van der Waals surface area contributed by atoms with Crippen LogP contribution in [0.1, 0.15) is 54.3 Å². The number of anilines is 1. The van der Waals surface area contributed by atoms with Gasteiger partial charge in [0.15, 0.2) is 5.82 Å². The Kier molecular flexibility index (Phi) is 4.97. The van der Waals surface area contributed by atoms with Gasteiger partial charge in [0.25, 0.3) is 5.91 Å². The summed E-state index contributed by atoms with van der Waals surface area (Å²) < 4.78 is 54.6. The van der Waals surface area contributed by atoms with Gasteiger partial charge in [-0.05, 0) is 37.1 Å². The minimum Gasteiger partial charge on any atom is -0.321 e. The zero-order valence-corrected chi connectivity index (χ0v) is 15.3. The zero-order chi connectivity index (χ0) is 20.6. The number of hydrogen-bond donors (Lipinski definition) is 1.